The van der Waals surface area contributed by atoms with Gasteiger partial charge in [0, 0.05) is 6.54 Å². The molecule has 2 aromatic carbocycles. The number of ether oxygens (including phenoxy) is 2. The molecule has 0 aliphatic carbocycles. The number of hydrogen-bond donors (Lipinski definition) is 1. The summed E-state index contributed by atoms with van der Waals surface area (Å²) in [5, 5.41) is 2.75. The summed E-state index contributed by atoms with van der Waals surface area (Å²) in [6.07, 6.45) is 1.09. The normalized spacial score (nSPS) is 11.2. The van der Waals surface area contributed by atoms with Crippen LogP contribution < -0.4 is 19.1 Å². The van der Waals surface area contributed by atoms with Crippen molar-refractivity contribution in [1.29, 1.82) is 0 Å². The van der Waals surface area contributed by atoms with E-state index in [1.54, 1.807) is 24.3 Å². The molecule has 0 heterocycles. The lowest BCUT2D eigenvalue weighted by atomic mass is 10.2. The Hall–Kier alpha value is -2.74. The van der Waals surface area contributed by atoms with Crippen molar-refractivity contribution < 1.29 is 22.7 Å². The molecule has 0 saturated carbocycles. The minimum absolute atomic E-state index is 0.0128. The third-order valence-electron chi connectivity index (χ3n) is 3.88. The van der Waals surface area contributed by atoms with Gasteiger partial charge in [-0.1, -0.05) is 12.1 Å². The lowest BCUT2D eigenvalue weighted by Crippen LogP contribution is -2.40. The van der Waals surface area contributed by atoms with Gasteiger partial charge in [-0.3, -0.25) is 9.10 Å². The van der Waals surface area contributed by atoms with Crippen LogP contribution in [0.2, 0.25) is 0 Å². The summed E-state index contributed by atoms with van der Waals surface area (Å²) in [7, 11) is -3.63. The Balaban J connectivity index is 2.04. The summed E-state index contributed by atoms with van der Waals surface area (Å²) in [5.41, 5.74) is 1.27. The van der Waals surface area contributed by atoms with Crippen LogP contribution in [0.3, 0.4) is 0 Å². The van der Waals surface area contributed by atoms with Crippen molar-refractivity contribution in [3.63, 3.8) is 0 Å². The Morgan fingerprint density at radius 2 is 1.79 bits per heavy atom. The second-order valence-electron chi connectivity index (χ2n) is 6.79. The zero-order chi connectivity index (χ0) is 21.4. The SMILES string of the molecule is CCOc1cccc(CNC(=O)CN(c2ccc(OC(C)C)cc2)S(C)(=O)=O)c1. The van der Waals surface area contributed by atoms with Gasteiger partial charge in [0.25, 0.3) is 0 Å². The molecule has 0 atom stereocenters. The summed E-state index contributed by atoms with van der Waals surface area (Å²) in [5.74, 6) is 0.955. The molecular weight excluding hydrogens is 392 g/mol. The van der Waals surface area contributed by atoms with E-state index in [4.69, 9.17) is 9.47 Å². The highest BCUT2D eigenvalue weighted by Gasteiger charge is 2.21. The summed E-state index contributed by atoms with van der Waals surface area (Å²) in [6, 6.07) is 14.0. The quantitative estimate of drug-likeness (QED) is 0.639. The van der Waals surface area contributed by atoms with E-state index in [-0.39, 0.29) is 19.2 Å². The first-order valence-electron chi connectivity index (χ1n) is 9.42. The van der Waals surface area contributed by atoms with Crippen LogP contribution in [0.5, 0.6) is 11.5 Å². The molecule has 1 N–H and O–H groups in total. The minimum atomic E-state index is -3.63. The smallest absolute Gasteiger partial charge is 0.241 e. The summed E-state index contributed by atoms with van der Waals surface area (Å²) in [4.78, 5) is 12.4. The van der Waals surface area contributed by atoms with Crippen molar-refractivity contribution in [2.75, 3.05) is 23.7 Å². The molecule has 8 heteroatoms. The van der Waals surface area contributed by atoms with E-state index in [2.05, 4.69) is 5.32 Å². The van der Waals surface area contributed by atoms with Crippen molar-refractivity contribution in [2.45, 2.75) is 33.4 Å². The predicted octanol–water partition coefficient (Wildman–Crippen LogP) is 2.95. The first kappa shape index (κ1) is 22.5. The molecule has 0 aromatic heterocycles. The number of nitrogens with one attached hydrogen (secondary N) is 1. The molecule has 0 spiro atoms. The molecule has 0 aliphatic rings. The van der Waals surface area contributed by atoms with E-state index in [1.807, 2.05) is 45.0 Å². The van der Waals surface area contributed by atoms with Gasteiger partial charge in [-0.15, -0.1) is 0 Å². The van der Waals surface area contributed by atoms with E-state index in [1.165, 1.54) is 0 Å². The summed E-state index contributed by atoms with van der Waals surface area (Å²) in [6.45, 7) is 6.24. The van der Waals surface area contributed by atoms with Crippen molar-refractivity contribution in [3.8, 4) is 11.5 Å². The third kappa shape index (κ3) is 7.30. The number of hydrogen-bond acceptors (Lipinski definition) is 5. The number of nitrogens with zero attached hydrogens (tertiary/aromatic N) is 1. The molecule has 0 fully saturated rings. The topological polar surface area (TPSA) is 84.9 Å². The number of sulfonamides is 1. The van der Waals surface area contributed by atoms with Gasteiger partial charge in [0.05, 0.1) is 24.7 Å². The molecule has 0 bridgehead atoms. The summed E-state index contributed by atoms with van der Waals surface area (Å²) < 4.78 is 36.5. The standard InChI is InChI=1S/C21H28N2O5S/c1-5-27-20-8-6-7-17(13-20)14-22-21(24)15-23(29(4,25)26)18-9-11-19(12-10-18)28-16(2)3/h6-13,16H,5,14-15H2,1-4H3,(H,22,24). The van der Waals surface area contributed by atoms with Crippen LogP contribution in [0.25, 0.3) is 0 Å². The molecule has 158 valence electrons. The van der Waals surface area contributed by atoms with Gasteiger partial charge >= 0.3 is 0 Å². The second kappa shape index (κ2) is 10.2. The molecule has 0 saturated heterocycles. The van der Waals surface area contributed by atoms with Crippen LogP contribution >= 0.6 is 0 Å². The number of amides is 1. The number of anilines is 1. The van der Waals surface area contributed by atoms with Gasteiger partial charge in [0.2, 0.25) is 15.9 Å². The van der Waals surface area contributed by atoms with Gasteiger partial charge in [-0.05, 0) is 62.7 Å². The maximum Gasteiger partial charge on any atom is 0.241 e. The Kier molecular flexibility index (Phi) is 7.90. The maximum absolute atomic E-state index is 12.4. The van der Waals surface area contributed by atoms with Crippen LogP contribution in [0.1, 0.15) is 26.3 Å². The number of carbonyl (C=O) groups excluding carboxylic acids is 1. The number of carbonyl (C=O) groups is 1. The third-order valence-corrected chi connectivity index (χ3v) is 5.02. The number of benzene rings is 2. The molecule has 29 heavy (non-hydrogen) atoms. The first-order chi connectivity index (χ1) is 13.7. The van der Waals surface area contributed by atoms with E-state index in [0.29, 0.717) is 18.0 Å². The van der Waals surface area contributed by atoms with E-state index in [9.17, 15) is 13.2 Å². The van der Waals surface area contributed by atoms with Crippen molar-refractivity contribution in [3.05, 3.63) is 54.1 Å². The van der Waals surface area contributed by atoms with Crippen molar-refractivity contribution in [2.24, 2.45) is 0 Å². The lowest BCUT2D eigenvalue weighted by Gasteiger charge is -2.22. The fourth-order valence-corrected chi connectivity index (χ4v) is 3.52. The van der Waals surface area contributed by atoms with Gasteiger partial charge < -0.3 is 14.8 Å². The second-order valence-corrected chi connectivity index (χ2v) is 8.69. The summed E-state index contributed by atoms with van der Waals surface area (Å²) >= 11 is 0. The molecule has 0 aliphatic heterocycles. The minimum Gasteiger partial charge on any atom is -0.494 e. The molecule has 2 rings (SSSR count). The molecule has 0 radical (unpaired) electrons. The monoisotopic (exact) mass is 420 g/mol. The Labute approximate surface area is 172 Å². The van der Waals surface area contributed by atoms with E-state index in [0.717, 1.165) is 21.9 Å². The Morgan fingerprint density at radius 3 is 2.38 bits per heavy atom. The Morgan fingerprint density at radius 1 is 1.10 bits per heavy atom. The van der Waals surface area contributed by atoms with Crippen LogP contribution in [-0.4, -0.2) is 39.8 Å². The molecular formula is C21H28N2O5S. The van der Waals surface area contributed by atoms with Gasteiger partial charge in [-0.25, -0.2) is 8.42 Å². The first-order valence-corrected chi connectivity index (χ1v) is 11.3. The van der Waals surface area contributed by atoms with Crippen LogP contribution in [-0.2, 0) is 21.4 Å². The fraction of sp³-hybridized carbons (Fsp3) is 0.381. The largest absolute Gasteiger partial charge is 0.494 e. The fourth-order valence-electron chi connectivity index (χ4n) is 2.66. The highest BCUT2D eigenvalue weighted by Crippen LogP contribution is 2.22. The van der Waals surface area contributed by atoms with Crippen LogP contribution in [0, 0.1) is 0 Å². The van der Waals surface area contributed by atoms with Crippen LogP contribution in [0.4, 0.5) is 5.69 Å². The zero-order valence-corrected chi connectivity index (χ0v) is 18.0. The zero-order valence-electron chi connectivity index (χ0n) is 17.2. The van der Waals surface area contributed by atoms with E-state index >= 15 is 0 Å². The van der Waals surface area contributed by atoms with Crippen molar-refractivity contribution >= 4 is 21.6 Å². The highest BCUT2D eigenvalue weighted by atomic mass is 32.2. The Bertz CT molecular complexity index is 911. The molecule has 1 amide bonds. The van der Waals surface area contributed by atoms with Gasteiger partial charge in [-0.2, -0.15) is 0 Å². The highest BCUT2D eigenvalue weighted by molar-refractivity contribution is 7.92. The van der Waals surface area contributed by atoms with Gasteiger partial charge in [0.1, 0.15) is 18.0 Å². The molecule has 7 nitrogen and oxygen atoms in total. The van der Waals surface area contributed by atoms with Gasteiger partial charge in [0.15, 0.2) is 0 Å². The van der Waals surface area contributed by atoms with Crippen LogP contribution in [0.15, 0.2) is 48.5 Å². The predicted molar refractivity (Wildman–Crippen MR) is 114 cm³/mol. The molecule has 2 aromatic rings. The maximum atomic E-state index is 12.4. The average Bonchev–Trinajstić information content (AvgIpc) is 2.64. The van der Waals surface area contributed by atoms with Crippen molar-refractivity contribution in [1.82, 2.24) is 5.32 Å². The van der Waals surface area contributed by atoms with E-state index < -0.39 is 15.9 Å². The average molecular weight is 421 g/mol. The number of rotatable bonds is 10. The molecule has 0 unspecified atom stereocenters. The lowest BCUT2D eigenvalue weighted by molar-refractivity contribution is -0.119.